The molecule has 2 nitrogen and oxygen atoms in total. The van der Waals surface area contributed by atoms with E-state index in [1.54, 1.807) is 0 Å². The lowest BCUT2D eigenvalue weighted by molar-refractivity contribution is 0.289. The Hall–Kier alpha value is -0.200. The van der Waals surface area contributed by atoms with E-state index in [-0.39, 0.29) is 5.54 Å². The Kier molecular flexibility index (Phi) is 6.23. The minimum absolute atomic E-state index is 0.235. The van der Waals surface area contributed by atoms with Gasteiger partial charge in [-0.15, -0.1) is 0 Å². The fourth-order valence-corrected chi connectivity index (χ4v) is 5.38. The number of thioether (sulfide) groups is 1. The monoisotopic (exact) mass is 294 g/mol. The number of nitriles is 1. The third-order valence-corrected chi connectivity index (χ3v) is 6.35. The first-order chi connectivity index (χ1) is 9.66. The lowest BCUT2D eigenvalue weighted by Crippen LogP contribution is -2.50. The summed E-state index contributed by atoms with van der Waals surface area (Å²) in [7, 11) is 0. The molecule has 0 radical (unpaired) electrons. The third-order valence-electron chi connectivity index (χ3n) is 4.94. The fourth-order valence-electron chi connectivity index (χ4n) is 3.96. The molecule has 2 atom stereocenters. The highest BCUT2D eigenvalue weighted by atomic mass is 32.2. The van der Waals surface area contributed by atoms with Gasteiger partial charge in [0, 0.05) is 11.3 Å². The summed E-state index contributed by atoms with van der Waals surface area (Å²) in [5.74, 6) is 1.81. The van der Waals surface area contributed by atoms with Crippen LogP contribution in [0.1, 0.15) is 71.6 Å². The first kappa shape index (κ1) is 16.2. The van der Waals surface area contributed by atoms with Crippen LogP contribution in [0.2, 0.25) is 0 Å². The van der Waals surface area contributed by atoms with Crippen LogP contribution in [0.3, 0.4) is 0 Å². The standard InChI is InChI=1S/C17H30N2S/c1-14(2)19-17(13-18)11-6-7-15(17)10-12-20-16-8-4-3-5-9-16/h14-16,19H,3-12H2,1-2H3. The Bertz CT molecular complexity index is 330. The van der Waals surface area contributed by atoms with Gasteiger partial charge in [0.2, 0.25) is 0 Å². The van der Waals surface area contributed by atoms with Crippen LogP contribution in [0.15, 0.2) is 0 Å². The van der Waals surface area contributed by atoms with Crippen molar-refractivity contribution < 1.29 is 0 Å². The van der Waals surface area contributed by atoms with Gasteiger partial charge in [0.25, 0.3) is 0 Å². The summed E-state index contributed by atoms with van der Waals surface area (Å²) in [6.07, 6.45) is 11.8. The highest BCUT2D eigenvalue weighted by Crippen LogP contribution is 2.39. The van der Waals surface area contributed by atoms with Crippen LogP contribution in [0.25, 0.3) is 0 Å². The third kappa shape index (κ3) is 4.15. The maximum Gasteiger partial charge on any atom is 0.109 e. The van der Waals surface area contributed by atoms with E-state index in [2.05, 4.69) is 37.0 Å². The predicted molar refractivity (Wildman–Crippen MR) is 87.9 cm³/mol. The van der Waals surface area contributed by atoms with E-state index in [9.17, 15) is 5.26 Å². The highest BCUT2D eigenvalue weighted by Gasteiger charge is 2.43. The van der Waals surface area contributed by atoms with E-state index in [1.807, 2.05) is 0 Å². The fraction of sp³-hybridized carbons (Fsp3) is 0.941. The zero-order valence-electron chi connectivity index (χ0n) is 13.2. The van der Waals surface area contributed by atoms with Crippen LogP contribution < -0.4 is 5.32 Å². The van der Waals surface area contributed by atoms with Gasteiger partial charge in [-0.1, -0.05) is 25.7 Å². The Morgan fingerprint density at radius 1 is 1.20 bits per heavy atom. The van der Waals surface area contributed by atoms with Gasteiger partial charge >= 0.3 is 0 Å². The molecule has 0 amide bonds. The molecular weight excluding hydrogens is 264 g/mol. The quantitative estimate of drug-likeness (QED) is 0.783. The van der Waals surface area contributed by atoms with E-state index in [0.717, 1.165) is 11.7 Å². The van der Waals surface area contributed by atoms with Gasteiger partial charge in [0.05, 0.1) is 6.07 Å². The summed E-state index contributed by atoms with van der Waals surface area (Å²) < 4.78 is 0. The van der Waals surface area contributed by atoms with E-state index in [0.29, 0.717) is 12.0 Å². The zero-order valence-corrected chi connectivity index (χ0v) is 14.0. The first-order valence-electron chi connectivity index (χ1n) is 8.47. The molecule has 0 aromatic heterocycles. The summed E-state index contributed by atoms with van der Waals surface area (Å²) >= 11 is 2.18. The SMILES string of the molecule is CC(C)NC1(C#N)CCCC1CCSC1CCCCC1. The second-order valence-electron chi connectivity index (χ2n) is 6.89. The Morgan fingerprint density at radius 2 is 1.95 bits per heavy atom. The van der Waals surface area contributed by atoms with Gasteiger partial charge in [-0.05, 0) is 57.6 Å². The number of nitrogens with zero attached hydrogens (tertiary/aromatic N) is 1. The van der Waals surface area contributed by atoms with Crippen LogP contribution in [-0.2, 0) is 0 Å². The molecule has 20 heavy (non-hydrogen) atoms. The van der Waals surface area contributed by atoms with E-state index >= 15 is 0 Å². The van der Waals surface area contributed by atoms with Crippen molar-refractivity contribution in [2.24, 2.45) is 5.92 Å². The van der Waals surface area contributed by atoms with Crippen molar-refractivity contribution in [2.45, 2.75) is 88.5 Å². The topological polar surface area (TPSA) is 35.8 Å². The van der Waals surface area contributed by atoms with Crippen molar-refractivity contribution in [3.8, 4) is 6.07 Å². The number of nitrogens with one attached hydrogen (secondary N) is 1. The molecule has 2 unspecified atom stereocenters. The van der Waals surface area contributed by atoms with Crippen molar-refractivity contribution in [3.05, 3.63) is 0 Å². The molecule has 0 saturated heterocycles. The maximum absolute atomic E-state index is 9.66. The Morgan fingerprint density at radius 3 is 2.60 bits per heavy atom. The first-order valence-corrected chi connectivity index (χ1v) is 9.52. The minimum Gasteiger partial charge on any atom is -0.297 e. The Labute approximate surface area is 129 Å². The molecule has 0 aromatic rings. The smallest absolute Gasteiger partial charge is 0.109 e. The van der Waals surface area contributed by atoms with E-state index < -0.39 is 0 Å². The molecule has 0 bridgehead atoms. The molecule has 2 saturated carbocycles. The lowest BCUT2D eigenvalue weighted by atomic mass is 9.86. The Balaban J connectivity index is 1.79. The normalized spacial score (nSPS) is 31.6. The molecule has 0 aromatic carbocycles. The zero-order chi connectivity index (χ0) is 14.4. The van der Waals surface area contributed by atoms with Gasteiger partial charge in [-0.25, -0.2) is 0 Å². The van der Waals surface area contributed by atoms with Gasteiger partial charge in [0.1, 0.15) is 5.54 Å². The van der Waals surface area contributed by atoms with Crippen molar-refractivity contribution in [3.63, 3.8) is 0 Å². The number of hydrogen-bond donors (Lipinski definition) is 1. The predicted octanol–water partition coefficient (Wildman–Crippen LogP) is 4.50. The van der Waals surface area contributed by atoms with Crippen LogP contribution in [-0.4, -0.2) is 22.6 Å². The van der Waals surface area contributed by atoms with Gasteiger partial charge in [-0.2, -0.15) is 17.0 Å². The summed E-state index contributed by atoms with van der Waals surface area (Å²) in [6.45, 7) is 4.32. The molecule has 1 N–H and O–H groups in total. The number of hydrogen-bond acceptors (Lipinski definition) is 3. The van der Waals surface area contributed by atoms with Crippen LogP contribution >= 0.6 is 11.8 Å². The minimum atomic E-state index is -0.235. The summed E-state index contributed by atoms with van der Waals surface area (Å²) in [5, 5.41) is 14.1. The van der Waals surface area contributed by atoms with Crippen LogP contribution in [0.4, 0.5) is 0 Å². The summed E-state index contributed by atoms with van der Waals surface area (Å²) in [6, 6.07) is 3.03. The van der Waals surface area contributed by atoms with Crippen LogP contribution in [0.5, 0.6) is 0 Å². The second kappa shape index (κ2) is 7.71. The lowest BCUT2D eigenvalue weighted by Gasteiger charge is -2.32. The summed E-state index contributed by atoms with van der Waals surface area (Å²) in [4.78, 5) is 0. The highest BCUT2D eigenvalue weighted by molar-refractivity contribution is 7.99. The molecule has 0 heterocycles. The molecule has 3 heteroatoms. The van der Waals surface area contributed by atoms with E-state index in [1.165, 1.54) is 57.1 Å². The largest absolute Gasteiger partial charge is 0.297 e. The van der Waals surface area contributed by atoms with Crippen molar-refractivity contribution in [1.29, 1.82) is 5.26 Å². The number of rotatable bonds is 6. The molecule has 2 fully saturated rings. The molecule has 2 aliphatic carbocycles. The summed E-state index contributed by atoms with van der Waals surface area (Å²) in [5.41, 5.74) is -0.235. The van der Waals surface area contributed by atoms with E-state index in [4.69, 9.17) is 0 Å². The average molecular weight is 295 g/mol. The van der Waals surface area contributed by atoms with Crippen molar-refractivity contribution in [1.82, 2.24) is 5.32 Å². The molecule has 114 valence electrons. The van der Waals surface area contributed by atoms with Gasteiger partial charge in [0.15, 0.2) is 0 Å². The van der Waals surface area contributed by atoms with Crippen LogP contribution in [0, 0.1) is 17.2 Å². The molecular formula is C17H30N2S. The molecule has 2 rings (SSSR count). The second-order valence-corrected chi connectivity index (χ2v) is 8.30. The van der Waals surface area contributed by atoms with Gasteiger partial charge < -0.3 is 0 Å². The maximum atomic E-state index is 9.66. The molecule has 2 aliphatic rings. The van der Waals surface area contributed by atoms with Crippen molar-refractivity contribution >= 4 is 11.8 Å². The average Bonchev–Trinajstić information content (AvgIpc) is 2.83. The van der Waals surface area contributed by atoms with Crippen molar-refractivity contribution in [2.75, 3.05) is 5.75 Å². The molecule has 0 spiro atoms. The molecule has 0 aliphatic heterocycles. The van der Waals surface area contributed by atoms with Gasteiger partial charge in [-0.3, -0.25) is 5.32 Å².